The first-order valence-corrected chi connectivity index (χ1v) is 30.3. The lowest BCUT2D eigenvalue weighted by Crippen LogP contribution is -2.30. The molecule has 1 atom stereocenters. The first-order valence-electron chi connectivity index (χ1n) is 30.3. The van der Waals surface area contributed by atoms with E-state index in [1.54, 1.807) is 0 Å². The summed E-state index contributed by atoms with van der Waals surface area (Å²) in [5.74, 6) is -0.876. The SMILES string of the molecule is CC/C=C\C/C=C\C/C=C\C/C=C\CCCCCCCCCCCCC(=O)OCC(COC(=O)CCCCCCCC)OC(=O)CCCCCCCCCCCCC/C=C\CCCCCCCCCC. The van der Waals surface area contributed by atoms with Gasteiger partial charge in [-0.3, -0.25) is 14.4 Å². The largest absolute Gasteiger partial charge is 0.462 e. The van der Waals surface area contributed by atoms with Crippen LogP contribution < -0.4 is 0 Å². The molecular formula is C64H114O6. The summed E-state index contributed by atoms with van der Waals surface area (Å²) in [7, 11) is 0. The lowest BCUT2D eigenvalue weighted by atomic mass is 10.0. The Morgan fingerprint density at radius 1 is 0.300 bits per heavy atom. The second-order valence-electron chi connectivity index (χ2n) is 20.2. The molecule has 0 saturated carbocycles. The van der Waals surface area contributed by atoms with Crippen molar-refractivity contribution in [2.45, 2.75) is 316 Å². The summed E-state index contributed by atoms with van der Waals surface area (Å²) in [4.78, 5) is 38.0. The van der Waals surface area contributed by atoms with Gasteiger partial charge in [0.2, 0.25) is 0 Å². The van der Waals surface area contributed by atoms with Crippen LogP contribution in [0.25, 0.3) is 0 Å². The topological polar surface area (TPSA) is 78.9 Å². The molecule has 0 heterocycles. The Kier molecular flexibility index (Phi) is 56.3. The summed E-state index contributed by atoms with van der Waals surface area (Å²) in [6.45, 7) is 6.50. The highest BCUT2D eigenvalue weighted by atomic mass is 16.6. The van der Waals surface area contributed by atoms with Gasteiger partial charge in [-0.05, 0) is 83.5 Å². The highest BCUT2D eigenvalue weighted by Crippen LogP contribution is 2.16. The lowest BCUT2D eigenvalue weighted by Gasteiger charge is -2.18. The predicted octanol–water partition coefficient (Wildman–Crippen LogP) is 20.4. The summed E-state index contributed by atoms with van der Waals surface area (Å²) in [5, 5.41) is 0. The fourth-order valence-electron chi connectivity index (χ4n) is 8.72. The number of allylic oxidation sites excluding steroid dienone is 10. The number of ether oxygens (including phenoxy) is 3. The maximum atomic E-state index is 12.8. The zero-order chi connectivity index (χ0) is 50.7. The summed E-state index contributed by atoms with van der Waals surface area (Å²) < 4.78 is 16.8. The standard InChI is InChI=1S/C64H114O6/c1-4-7-10-13-16-18-20-22-24-26-28-30-32-34-36-38-40-42-44-46-48-51-54-57-63(66)69-60-61(59-68-62(65)56-53-50-15-12-9-6-3)70-64(67)58-55-52-49-47-45-43-41-39-37-35-33-31-29-27-25-23-21-19-17-14-11-8-5-2/h7,10,16,18,22,24,27-30,61H,4-6,8-9,11-15,17,19-21,23,25-26,31-60H2,1-3H3/b10-7-,18-16-,24-22-,29-27-,30-28-. The molecule has 0 bridgehead atoms. The zero-order valence-corrected chi connectivity index (χ0v) is 46.5. The Morgan fingerprint density at radius 2 is 0.557 bits per heavy atom. The van der Waals surface area contributed by atoms with Gasteiger partial charge in [0.05, 0.1) is 0 Å². The van der Waals surface area contributed by atoms with Crippen LogP contribution in [-0.2, 0) is 28.6 Å². The third kappa shape index (κ3) is 56.0. The van der Waals surface area contributed by atoms with Crippen LogP contribution >= 0.6 is 0 Å². The maximum Gasteiger partial charge on any atom is 0.306 e. The fraction of sp³-hybridized carbons (Fsp3) is 0.797. The van der Waals surface area contributed by atoms with Crippen LogP contribution in [0.4, 0.5) is 0 Å². The number of unbranched alkanes of at least 4 members (excludes halogenated alkanes) is 34. The molecule has 0 amide bonds. The van der Waals surface area contributed by atoms with E-state index in [0.29, 0.717) is 19.3 Å². The van der Waals surface area contributed by atoms with Crippen molar-refractivity contribution in [3.8, 4) is 0 Å². The summed E-state index contributed by atoms with van der Waals surface area (Å²) in [5.41, 5.74) is 0. The highest BCUT2D eigenvalue weighted by molar-refractivity contribution is 5.71. The number of hydrogen-bond donors (Lipinski definition) is 0. The molecule has 406 valence electrons. The molecule has 1 unspecified atom stereocenters. The predicted molar refractivity (Wildman–Crippen MR) is 302 cm³/mol. The quantitative estimate of drug-likeness (QED) is 0.0261. The first kappa shape index (κ1) is 67.1. The van der Waals surface area contributed by atoms with Crippen molar-refractivity contribution >= 4 is 17.9 Å². The van der Waals surface area contributed by atoms with Gasteiger partial charge in [-0.1, -0.05) is 268 Å². The van der Waals surface area contributed by atoms with E-state index in [-0.39, 0.29) is 31.1 Å². The van der Waals surface area contributed by atoms with Crippen molar-refractivity contribution in [2.24, 2.45) is 0 Å². The van der Waals surface area contributed by atoms with Crippen molar-refractivity contribution in [1.82, 2.24) is 0 Å². The molecule has 70 heavy (non-hydrogen) atoms. The van der Waals surface area contributed by atoms with Crippen molar-refractivity contribution in [2.75, 3.05) is 13.2 Å². The Hall–Kier alpha value is -2.89. The summed E-state index contributed by atoms with van der Waals surface area (Å²) in [6.07, 6.45) is 74.0. The second-order valence-corrected chi connectivity index (χ2v) is 20.2. The first-order chi connectivity index (χ1) is 34.5. The van der Waals surface area contributed by atoms with E-state index < -0.39 is 6.10 Å². The molecule has 0 radical (unpaired) electrons. The van der Waals surface area contributed by atoms with Gasteiger partial charge < -0.3 is 14.2 Å². The lowest BCUT2D eigenvalue weighted by molar-refractivity contribution is -0.167. The Labute approximate surface area is 434 Å². The third-order valence-electron chi connectivity index (χ3n) is 13.3. The Morgan fingerprint density at radius 3 is 0.886 bits per heavy atom. The molecule has 6 nitrogen and oxygen atoms in total. The van der Waals surface area contributed by atoms with E-state index in [1.807, 2.05) is 0 Å². The average molecular weight is 980 g/mol. The highest BCUT2D eigenvalue weighted by Gasteiger charge is 2.19. The number of esters is 3. The molecular weight excluding hydrogens is 865 g/mol. The normalized spacial score (nSPS) is 12.4. The summed E-state index contributed by atoms with van der Waals surface area (Å²) in [6, 6.07) is 0. The van der Waals surface area contributed by atoms with E-state index in [9.17, 15) is 14.4 Å². The minimum Gasteiger partial charge on any atom is -0.462 e. The number of rotatable bonds is 55. The van der Waals surface area contributed by atoms with Crippen molar-refractivity contribution in [3.63, 3.8) is 0 Å². The van der Waals surface area contributed by atoms with Gasteiger partial charge in [0.15, 0.2) is 6.10 Å². The van der Waals surface area contributed by atoms with Crippen LogP contribution in [0, 0.1) is 0 Å². The molecule has 0 aromatic rings. The Bertz CT molecular complexity index is 1260. The molecule has 0 rings (SSSR count). The van der Waals surface area contributed by atoms with Crippen molar-refractivity contribution < 1.29 is 28.6 Å². The Balaban J connectivity index is 4.11. The second kappa shape index (κ2) is 58.7. The zero-order valence-electron chi connectivity index (χ0n) is 46.5. The van der Waals surface area contributed by atoms with Gasteiger partial charge in [-0.25, -0.2) is 0 Å². The molecule has 0 aromatic heterocycles. The van der Waals surface area contributed by atoms with E-state index in [0.717, 1.165) is 83.5 Å². The van der Waals surface area contributed by atoms with Gasteiger partial charge in [-0.2, -0.15) is 0 Å². The van der Waals surface area contributed by atoms with E-state index >= 15 is 0 Å². The number of carbonyl (C=O) groups is 3. The van der Waals surface area contributed by atoms with Gasteiger partial charge in [0.1, 0.15) is 13.2 Å². The molecule has 0 aliphatic heterocycles. The molecule has 0 aromatic carbocycles. The number of hydrogen-bond acceptors (Lipinski definition) is 6. The van der Waals surface area contributed by atoms with Gasteiger partial charge in [0, 0.05) is 19.3 Å². The molecule has 0 saturated heterocycles. The minimum atomic E-state index is -0.772. The van der Waals surface area contributed by atoms with E-state index in [4.69, 9.17) is 14.2 Å². The molecule has 0 spiro atoms. The molecule has 0 aliphatic rings. The molecule has 0 aliphatic carbocycles. The van der Waals surface area contributed by atoms with Gasteiger partial charge >= 0.3 is 17.9 Å². The van der Waals surface area contributed by atoms with Crippen LogP contribution in [0.3, 0.4) is 0 Å². The third-order valence-corrected chi connectivity index (χ3v) is 13.3. The van der Waals surface area contributed by atoms with Gasteiger partial charge in [0.25, 0.3) is 0 Å². The van der Waals surface area contributed by atoms with Gasteiger partial charge in [-0.15, -0.1) is 0 Å². The maximum absolute atomic E-state index is 12.8. The van der Waals surface area contributed by atoms with Crippen molar-refractivity contribution in [1.29, 1.82) is 0 Å². The average Bonchev–Trinajstić information content (AvgIpc) is 3.36. The molecule has 0 N–H and O–H groups in total. The van der Waals surface area contributed by atoms with E-state index in [1.165, 1.54) is 186 Å². The number of carbonyl (C=O) groups excluding carboxylic acids is 3. The summed E-state index contributed by atoms with van der Waals surface area (Å²) >= 11 is 0. The van der Waals surface area contributed by atoms with Crippen LogP contribution in [0.1, 0.15) is 310 Å². The van der Waals surface area contributed by atoms with Crippen LogP contribution in [0.5, 0.6) is 0 Å². The smallest absolute Gasteiger partial charge is 0.306 e. The molecule has 0 fully saturated rings. The van der Waals surface area contributed by atoms with Crippen LogP contribution in [0.2, 0.25) is 0 Å². The minimum absolute atomic E-state index is 0.0740. The van der Waals surface area contributed by atoms with Crippen LogP contribution in [0.15, 0.2) is 60.8 Å². The fourth-order valence-corrected chi connectivity index (χ4v) is 8.72. The van der Waals surface area contributed by atoms with E-state index in [2.05, 4.69) is 81.5 Å². The monoisotopic (exact) mass is 979 g/mol. The molecule has 6 heteroatoms. The van der Waals surface area contributed by atoms with Crippen molar-refractivity contribution in [3.05, 3.63) is 60.8 Å². The van der Waals surface area contributed by atoms with Crippen LogP contribution in [-0.4, -0.2) is 37.2 Å².